The van der Waals surface area contributed by atoms with Crippen LogP contribution in [-0.2, 0) is 17.8 Å². The SMILES string of the molecule is CCc1nc(N2CC3CCC(C2)O3)sc1CO. The van der Waals surface area contributed by atoms with E-state index in [1.807, 2.05) is 0 Å². The molecule has 2 bridgehead atoms. The molecule has 2 saturated heterocycles. The molecule has 17 heavy (non-hydrogen) atoms. The molecule has 2 aliphatic rings. The fourth-order valence-corrected chi connectivity index (χ4v) is 3.70. The summed E-state index contributed by atoms with van der Waals surface area (Å²) in [6, 6.07) is 0. The zero-order chi connectivity index (χ0) is 11.8. The van der Waals surface area contributed by atoms with E-state index in [9.17, 15) is 5.11 Å². The van der Waals surface area contributed by atoms with Crippen LogP contribution in [0.4, 0.5) is 5.13 Å². The van der Waals surface area contributed by atoms with Gasteiger partial charge in [-0.3, -0.25) is 0 Å². The van der Waals surface area contributed by atoms with Gasteiger partial charge in [-0.05, 0) is 19.3 Å². The first-order chi connectivity index (χ1) is 8.30. The van der Waals surface area contributed by atoms with Crippen molar-refractivity contribution in [2.75, 3.05) is 18.0 Å². The van der Waals surface area contributed by atoms with Gasteiger partial charge in [-0.25, -0.2) is 4.98 Å². The first kappa shape index (κ1) is 11.4. The van der Waals surface area contributed by atoms with E-state index >= 15 is 0 Å². The summed E-state index contributed by atoms with van der Waals surface area (Å²) in [5.74, 6) is 0. The summed E-state index contributed by atoms with van der Waals surface area (Å²) in [5.41, 5.74) is 1.05. The number of hydrogen-bond acceptors (Lipinski definition) is 5. The van der Waals surface area contributed by atoms with E-state index in [2.05, 4.69) is 16.8 Å². The highest BCUT2D eigenvalue weighted by atomic mass is 32.1. The maximum atomic E-state index is 9.30. The Bertz CT molecular complexity index is 374. The number of aliphatic hydroxyl groups excluding tert-OH is 1. The Hall–Kier alpha value is -0.650. The Morgan fingerprint density at radius 3 is 2.65 bits per heavy atom. The number of anilines is 1. The van der Waals surface area contributed by atoms with E-state index in [4.69, 9.17) is 4.74 Å². The molecule has 0 spiro atoms. The molecule has 1 N–H and O–H groups in total. The van der Waals surface area contributed by atoms with Crippen LogP contribution in [0.15, 0.2) is 0 Å². The van der Waals surface area contributed by atoms with Crippen LogP contribution in [0.3, 0.4) is 0 Å². The highest BCUT2D eigenvalue weighted by Gasteiger charge is 2.34. The van der Waals surface area contributed by atoms with Gasteiger partial charge in [0.05, 0.1) is 29.4 Å². The number of ether oxygens (including phenoxy) is 1. The quantitative estimate of drug-likeness (QED) is 0.889. The molecule has 5 heteroatoms. The van der Waals surface area contributed by atoms with Crippen molar-refractivity contribution < 1.29 is 9.84 Å². The highest BCUT2D eigenvalue weighted by Crippen LogP contribution is 2.33. The van der Waals surface area contributed by atoms with Crippen LogP contribution in [0.1, 0.15) is 30.3 Å². The second-order valence-corrected chi connectivity index (χ2v) is 5.80. The molecule has 0 amide bonds. The van der Waals surface area contributed by atoms with Gasteiger partial charge >= 0.3 is 0 Å². The van der Waals surface area contributed by atoms with Gasteiger partial charge in [0.15, 0.2) is 5.13 Å². The summed E-state index contributed by atoms with van der Waals surface area (Å²) in [7, 11) is 0. The summed E-state index contributed by atoms with van der Waals surface area (Å²) in [5, 5.41) is 10.4. The number of thiazole rings is 1. The van der Waals surface area contributed by atoms with Crippen molar-refractivity contribution in [3.05, 3.63) is 10.6 Å². The van der Waals surface area contributed by atoms with E-state index in [0.717, 1.165) is 35.2 Å². The van der Waals surface area contributed by atoms with Gasteiger partial charge in [0, 0.05) is 13.1 Å². The molecule has 0 aliphatic carbocycles. The summed E-state index contributed by atoms with van der Waals surface area (Å²) in [6.07, 6.45) is 4.03. The molecule has 3 rings (SSSR count). The molecule has 3 heterocycles. The maximum Gasteiger partial charge on any atom is 0.186 e. The first-order valence-electron chi connectivity index (χ1n) is 6.30. The zero-order valence-electron chi connectivity index (χ0n) is 10.1. The number of aliphatic hydroxyl groups is 1. The second kappa shape index (κ2) is 4.55. The number of hydrogen-bond donors (Lipinski definition) is 1. The predicted octanol–water partition coefficient (Wildman–Crippen LogP) is 1.57. The van der Waals surface area contributed by atoms with Crippen molar-refractivity contribution >= 4 is 16.5 Å². The summed E-state index contributed by atoms with van der Waals surface area (Å²) in [4.78, 5) is 7.99. The van der Waals surface area contributed by atoms with Gasteiger partial charge in [-0.15, -0.1) is 0 Å². The van der Waals surface area contributed by atoms with Gasteiger partial charge in [-0.2, -0.15) is 0 Å². The third kappa shape index (κ3) is 2.07. The van der Waals surface area contributed by atoms with Crippen LogP contribution in [-0.4, -0.2) is 35.4 Å². The fourth-order valence-electron chi connectivity index (χ4n) is 2.68. The summed E-state index contributed by atoms with van der Waals surface area (Å²) >= 11 is 1.63. The number of morpholine rings is 1. The molecule has 4 nitrogen and oxygen atoms in total. The Labute approximate surface area is 105 Å². The molecule has 2 fully saturated rings. The van der Waals surface area contributed by atoms with Crippen LogP contribution < -0.4 is 4.90 Å². The van der Waals surface area contributed by atoms with E-state index in [0.29, 0.717) is 12.2 Å². The smallest absolute Gasteiger partial charge is 0.186 e. The minimum atomic E-state index is 0.109. The lowest BCUT2D eigenvalue weighted by Crippen LogP contribution is -2.42. The summed E-state index contributed by atoms with van der Waals surface area (Å²) in [6.45, 7) is 4.11. The summed E-state index contributed by atoms with van der Waals surface area (Å²) < 4.78 is 5.82. The fraction of sp³-hybridized carbons (Fsp3) is 0.750. The average molecular weight is 254 g/mol. The molecule has 94 valence electrons. The van der Waals surface area contributed by atoms with Crippen molar-refractivity contribution in [3.63, 3.8) is 0 Å². The topological polar surface area (TPSA) is 45.6 Å². The number of aryl methyl sites for hydroxylation is 1. The van der Waals surface area contributed by atoms with E-state index < -0.39 is 0 Å². The van der Waals surface area contributed by atoms with Crippen molar-refractivity contribution in [1.29, 1.82) is 0 Å². The van der Waals surface area contributed by atoms with Crippen molar-refractivity contribution in [2.45, 2.75) is 45.0 Å². The minimum Gasteiger partial charge on any atom is -0.391 e. The Balaban J connectivity index is 1.81. The molecular weight excluding hydrogens is 236 g/mol. The molecule has 1 aromatic rings. The van der Waals surface area contributed by atoms with Crippen molar-refractivity contribution in [3.8, 4) is 0 Å². The van der Waals surface area contributed by atoms with Crippen LogP contribution in [0, 0.1) is 0 Å². The Kier molecular flexibility index (Phi) is 3.06. The minimum absolute atomic E-state index is 0.109. The van der Waals surface area contributed by atoms with Gasteiger partial charge in [0.25, 0.3) is 0 Å². The largest absolute Gasteiger partial charge is 0.391 e. The lowest BCUT2D eigenvalue weighted by atomic mass is 10.2. The molecule has 0 radical (unpaired) electrons. The lowest BCUT2D eigenvalue weighted by Gasteiger charge is -2.31. The molecule has 1 aromatic heterocycles. The van der Waals surface area contributed by atoms with E-state index in [1.165, 1.54) is 12.8 Å². The van der Waals surface area contributed by atoms with Crippen LogP contribution >= 0.6 is 11.3 Å². The lowest BCUT2D eigenvalue weighted by molar-refractivity contribution is 0.0305. The Morgan fingerprint density at radius 2 is 2.12 bits per heavy atom. The molecule has 0 aromatic carbocycles. The number of fused-ring (bicyclic) bond motifs is 2. The van der Waals surface area contributed by atoms with Gasteiger partial charge in [-0.1, -0.05) is 18.3 Å². The van der Waals surface area contributed by atoms with Crippen LogP contribution in [0.25, 0.3) is 0 Å². The first-order valence-corrected chi connectivity index (χ1v) is 7.11. The number of aromatic nitrogens is 1. The van der Waals surface area contributed by atoms with E-state index in [1.54, 1.807) is 11.3 Å². The molecule has 2 aliphatic heterocycles. The Morgan fingerprint density at radius 1 is 1.41 bits per heavy atom. The van der Waals surface area contributed by atoms with Gasteiger partial charge < -0.3 is 14.7 Å². The molecule has 2 unspecified atom stereocenters. The number of nitrogens with zero attached hydrogens (tertiary/aromatic N) is 2. The third-order valence-electron chi connectivity index (χ3n) is 3.56. The zero-order valence-corrected chi connectivity index (χ0v) is 10.9. The molecule has 2 atom stereocenters. The standard InChI is InChI=1S/C12H18N2O2S/c1-2-10-11(7-15)17-12(13-10)14-5-8-3-4-9(6-14)16-8/h8-9,15H,2-7H2,1H3. The average Bonchev–Trinajstić information content (AvgIpc) is 2.92. The highest BCUT2D eigenvalue weighted by molar-refractivity contribution is 7.15. The number of rotatable bonds is 3. The maximum absolute atomic E-state index is 9.30. The monoisotopic (exact) mass is 254 g/mol. The van der Waals surface area contributed by atoms with Gasteiger partial charge in [0.1, 0.15) is 0 Å². The van der Waals surface area contributed by atoms with Crippen molar-refractivity contribution in [1.82, 2.24) is 4.98 Å². The normalized spacial score (nSPS) is 27.8. The third-order valence-corrected chi connectivity index (χ3v) is 4.70. The molecule has 0 saturated carbocycles. The van der Waals surface area contributed by atoms with E-state index in [-0.39, 0.29) is 6.61 Å². The van der Waals surface area contributed by atoms with Crippen LogP contribution in [0.2, 0.25) is 0 Å². The predicted molar refractivity (Wildman–Crippen MR) is 67.5 cm³/mol. The van der Waals surface area contributed by atoms with Crippen molar-refractivity contribution in [2.24, 2.45) is 0 Å². The molecular formula is C12H18N2O2S. The van der Waals surface area contributed by atoms with Crippen LogP contribution in [0.5, 0.6) is 0 Å². The van der Waals surface area contributed by atoms with Gasteiger partial charge in [0.2, 0.25) is 0 Å². The second-order valence-electron chi connectivity index (χ2n) is 4.74.